The maximum Gasteiger partial charge on any atom is 0.266 e. The molecule has 0 amide bonds. The fraction of sp³-hybridized carbons (Fsp3) is 0.318. The van der Waals surface area contributed by atoms with Gasteiger partial charge >= 0.3 is 0 Å². The Bertz CT molecular complexity index is 1170. The lowest BCUT2D eigenvalue weighted by Crippen LogP contribution is -2.42. The van der Waals surface area contributed by atoms with Crippen molar-refractivity contribution < 1.29 is 14.2 Å². The van der Waals surface area contributed by atoms with Gasteiger partial charge in [0.25, 0.3) is 11.2 Å². The molecule has 1 fully saturated rings. The maximum absolute atomic E-state index is 12.6. The predicted molar refractivity (Wildman–Crippen MR) is 116 cm³/mol. The molecular weight excluding hydrogens is 418 g/mol. The highest BCUT2D eigenvalue weighted by molar-refractivity contribution is 6.30. The summed E-state index contributed by atoms with van der Waals surface area (Å²) >= 11 is 5.95. The first-order valence-corrected chi connectivity index (χ1v) is 10.3. The number of hydrogen-bond acceptors (Lipinski definition) is 5. The van der Waals surface area contributed by atoms with E-state index in [1.165, 1.54) is 6.92 Å². The Kier molecular flexibility index (Phi) is 5.72. The van der Waals surface area contributed by atoms with Crippen LogP contribution in [0.15, 0.2) is 46.3 Å². The van der Waals surface area contributed by atoms with E-state index >= 15 is 0 Å². The van der Waals surface area contributed by atoms with Gasteiger partial charge in [0.05, 0.1) is 30.2 Å². The molecule has 2 atom stereocenters. The van der Waals surface area contributed by atoms with E-state index in [-0.39, 0.29) is 24.4 Å². The summed E-state index contributed by atoms with van der Waals surface area (Å²) in [7, 11) is 0. The first kappa shape index (κ1) is 21.0. The number of H-pyrrole nitrogens is 1. The minimum Gasteiger partial charge on any atom is -0.369 e. The minimum atomic E-state index is -0.594. The quantitative estimate of drug-likeness (QED) is 0.713. The van der Waals surface area contributed by atoms with E-state index in [1.807, 2.05) is 6.21 Å². The molecule has 1 saturated heterocycles. The summed E-state index contributed by atoms with van der Waals surface area (Å²) in [5.74, 6) is 0.375. The smallest absolute Gasteiger partial charge is 0.266 e. The van der Waals surface area contributed by atoms with Crippen LogP contribution in [0.4, 0.5) is 11.4 Å². The van der Waals surface area contributed by atoms with E-state index in [4.69, 9.17) is 16.3 Å². The fourth-order valence-corrected chi connectivity index (χ4v) is 3.96. The number of aromatic amines is 1. The van der Waals surface area contributed by atoms with E-state index in [2.05, 4.69) is 21.5 Å². The molecule has 1 aromatic heterocycles. The third-order valence-electron chi connectivity index (χ3n) is 5.49. The third-order valence-corrected chi connectivity index (χ3v) is 5.74. The van der Waals surface area contributed by atoms with Crippen molar-refractivity contribution in [3.63, 3.8) is 0 Å². The number of aliphatic imine (C=N–C) groups is 1. The van der Waals surface area contributed by atoms with Crippen LogP contribution in [0, 0.1) is 16.7 Å². The number of benzene rings is 1. The fourth-order valence-electron chi connectivity index (χ4n) is 3.83. The standard InChI is InChI=1S/C22H20ClN5O3/c1-14(29)18-6-8-22(9-10-24,13-31-18)12-28-17-7-11-25-21(30)19(17)20(27-28)26-16-4-2-15(23)3-5-16/h2-5,7,11-12,18H,6,8-9,13H2,1H3,(H-,25,26,27,30)/p+1. The average molecular weight is 439 g/mol. The number of nitrogens with one attached hydrogen (secondary N) is 2. The molecule has 3 heterocycles. The molecule has 0 bridgehead atoms. The van der Waals surface area contributed by atoms with Crippen LogP contribution in [0.3, 0.4) is 0 Å². The molecule has 8 nitrogen and oxygen atoms in total. The lowest BCUT2D eigenvalue weighted by Gasteiger charge is -2.33. The zero-order chi connectivity index (χ0) is 22.0. The highest BCUT2D eigenvalue weighted by Gasteiger charge is 2.42. The zero-order valence-corrected chi connectivity index (χ0v) is 17.6. The van der Waals surface area contributed by atoms with Gasteiger partial charge in [0.15, 0.2) is 17.6 Å². The lowest BCUT2D eigenvalue weighted by molar-refractivity contribution is -0.480. The van der Waals surface area contributed by atoms with E-state index in [9.17, 15) is 14.9 Å². The Labute approximate surface area is 183 Å². The number of ketones is 1. The van der Waals surface area contributed by atoms with Crippen LogP contribution in [0.1, 0.15) is 31.7 Å². The van der Waals surface area contributed by atoms with Gasteiger partial charge in [-0.1, -0.05) is 16.3 Å². The van der Waals surface area contributed by atoms with Crippen molar-refractivity contribution in [1.29, 1.82) is 5.26 Å². The van der Waals surface area contributed by atoms with Gasteiger partial charge in [0.1, 0.15) is 6.10 Å². The highest BCUT2D eigenvalue weighted by atomic mass is 35.5. The molecule has 158 valence electrons. The molecule has 2 unspecified atom stereocenters. The predicted octanol–water partition coefficient (Wildman–Crippen LogP) is 3.01. The number of hydrazine groups is 1. The molecule has 2 aliphatic heterocycles. The van der Waals surface area contributed by atoms with Crippen molar-refractivity contribution in [1.82, 2.24) is 10.4 Å². The monoisotopic (exact) mass is 438 g/mol. The number of fused-ring (bicyclic) bond motifs is 1. The number of pyridine rings is 1. The Morgan fingerprint density at radius 2 is 2.19 bits per heavy atom. The van der Waals surface area contributed by atoms with E-state index < -0.39 is 11.5 Å². The molecule has 2 N–H and O–H groups in total. The highest BCUT2D eigenvalue weighted by Crippen LogP contribution is 2.34. The molecule has 4 rings (SSSR count). The number of amidine groups is 1. The molecule has 9 heteroatoms. The molecule has 0 radical (unpaired) electrons. The Morgan fingerprint density at radius 1 is 1.42 bits per heavy atom. The largest absolute Gasteiger partial charge is 0.369 e. The number of halogens is 1. The van der Waals surface area contributed by atoms with Gasteiger partial charge in [0.2, 0.25) is 5.84 Å². The van der Waals surface area contributed by atoms with Crippen LogP contribution in [-0.4, -0.2) is 40.2 Å². The van der Waals surface area contributed by atoms with Crippen LogP contribution in [0.2, 0.25) is 5.02 Å². The second kappa shape index (κ2) is 8.46. The molecule has 2 aliphatic rings. The molecule has 0 aliphatic carbocycles. The number of hydrazone groups is 1. The number of nitriles is 1. The average Bonchev–Trinajstić information content (AvgIpc) is 3.08. The summed E-state index contributed by atoms with van der Waals surface area (Å²) in [6.07, 6.45) is 4.37. The Balaban J connectivity index is 1.74. The van der Waals surface area contributed by atoms with Crippen molar-refractivity contribution in [2.24, 2.45) is 10.4 Å². The van der Waals surface area contributed by atoms with Crippen LogP contribution in [0.5, 0.6) is 0 Å². The second-order valence-electron chi connectivity index (χ2n) is 7.76. The van der Waals surface area contributed by atoms with Crippen molar-refractivity contribution in [3.05, 3.63) is 57.5 Å². The number of carbonyl (C=O) groups excluding carboxylic acids is 1. The molecule has 2 aromatic rings. The normalized spacial score (nSPS) is 25.1. The number of rotatable bonds is 4. The van der Waals surface area contributed by atoms with Gasteiger partial charge in [-0.25, -0.2) is 4.99 Å². The maximum atomic E-state index is 12.6. The van der Waals surface area contributed by atoms with Crippen LogP contribution in [-0.2, 0) is 9.53 Å². The summed E-state index contributed by atoms with van der Waals surface area (Å²) in [5.41, 5.74) is 3.96. The van der Waals surface area contributed by atoms with Crippen molar-refractivity contribution in [2.75, 3.05) is 6.61 Å². The summed E-state index contributed by atoms with van der Waals surface area (Å²) in [5, 5.41) is 10.0. The Morgan fingerprint density at radius 3 is 2.84 bits per heavy atom. The SMILES string of the molecule is CC(=O)C1CCC(C=[N+]2NC(=Nc3ccc(Cl)cc3)c3c2cc[nH]c3=O)(CC#N)CO1. The first-order valence-electron chi connectivity index (χ1n) is 9.88. The topological polar surface area (TPSA) is 110 Å². The summed E-state index contributed by atoms with van der Waals surface area (Å²) < 4.78 is 7.48. The second-order valence-corrected chi connectivity index (χ2v) is 8.20. The van der Waals surface area contributed by atoms with Gasteiger partial charge in [-0.15, -0.1) is 5.43 Å². The first-order chi connectivity index (χ1) is 14.9. The number of nitrogens with zero attached hydrogens (tertiary/aromatic N) is 3. The van der Waals surface area contributed by atoms with Gasteiger partial charge in [0, 0.05) is 17.3 Å². The summed E-state index contributed by atoms with van der Waals surface area (Å²) in [6, 6.07) is 11.0. The number of hydrogen-bond donors (Lipinski definition) is 2. The molecular formula is C22H21ClN5O3+. The van der Waals surface area contributed by atoms with E-state index in [1.54, 1.807) is 41.2 Å². The molecule has 31 heavy (non-hydrogen) atoms. The van der Waals surface area contributed by atoms with Gasteiger partial charge < -0.3 is 9.72 Å². The van der Waals surface area contributed by atoms with Gasteiger partial charge in [-0.05, 0) is 44.0 Å². The van der Waals surface area contributed by atoms with Crippen LogP contribution >= 0.6 is 11.6 Å². The van der Waals surface area contributed by atoms with Crippen molar-refractivity contribution >= 4 is 40.8 Å². The lowest BCUT2D eigenvalue weighted by atomic mass is 9.79. The Hall–Kier alpha value is -3.28. The van der Waals surface area contributed by atoms with Crippen molar-refractivity contribution in [2.45, 2.75) is 32.3 Å². The minimum absolute atomic E-state index is 0.0147. The van der Waals surface area contributed by atoms with Gasteiger partial charge in [-0.3, -0.25) is 9.59 Å². The van der Waals surface area contributed by atoms with E-state index in [0.717, 1.165) is 0 Å². The summed E-state index contributed by atoms with van der Waals surface area (Å²) in [6.45, 7) is 1.75. The number of aromatic nitrogens is 1. The summed E-state index contributed by atoms with van der Waals surface area (Å²) in [4.78, 5) is 31.5. The molecule has 1 aromatic carbocycles. The third kappa shape index (κ3) is 4.29. The van der Waals surface area contributed by atoms with Crippen molar-refractivity contribution in [3.8, 4) is 6.07 Å². The van der Waals surface area contributed by atoms with Crippen LogP contribution in [0.25, 0.3) is 0 Å². The molecule has 0 saturated carbocycles. The molecule has 0 spiro atoms. The van der Waals surface area contributed by atoms with Gasteiger partial charge in [-0.2, -0.15) is 5.26 Å². The number of Topliss-reactive ketones (excluding diaryl/α,β-unsaturated/α-hetero) is 1. The van der Waals surface area contributed by atoms with Crippen LogP contribution < -0.4 is 11.0 Å². The van der Waals surface area contributed by atoms with E-state index in [0.29, 0.717) is 40.6 Å². The number of ether oxygens (including phenoxy) is 1. The number of carbonyl (C=O) groups is 1. The zero-order valence-electron chi connectivity index (χ0n) is 16.9.